The molecule has 1 aliphatic heterocycles. The number of Topliss-reactive ketones (excluding diaryl/α,β-unsaturated/α-hetero) is 2. The van der Waals surface area contributed by atoms with Crippen molar-refractivity contribution >= 4 is 17.9 Å². The summed E-state index contributed by atoms with van der Waals surface area (Å²) in [6.45, 7) is 3.06. The second-order valence-electron chi connectivity index (χ2n) is 6.54. The Morgan fingerprint density at radius 3 is 2.69 bits per heavy atom. The minimum atomic E-state index is -2.06. The van der Waals surface area contributed by atoms with Crippen molar-refractivity contribution in [3.63, 3.8) is 0 Å². The van der Waals surface area contributed by atoms with E-state index in [9.17, 15) is 24.6 Å². The third-order valence-electron chi connectivity index (χ3n) is 4.60. The first-order valence-electron chi connectivity index (χ1n) is 8.13. The van der Waals surface area contributed by atoms with Gasteiger partial charge in [0.05, 0.1) is 29.1 Å². The number of benzene rings is 1. The highest BCUT2D eigenvalue weighted by Crippen LogP contribution is 2.39. The highest BCUT2D eigenvalue weighted by Gasteiger charge is 2.44. The van der Waals surface area contributed by atoms with Crippen molar-refractivity contribution in [2.45, 2.75) is 32.0 Å². The Kier molecular flexibility index (Phi) is 4.38. The van der Waals surface area contributed by atoms with E-state index in [1.54, 1.807) is 12.1 Å². The van der Waals surface area contributed by atoms with Crippen LogP contribution in [0.15, 0.2) is 58.9 Å². The zero-order valence-electron chi connectivity index (χ0n) is 14.4. The second-order valence-corrected chi connectivity index (χ2v) is 6.54. The fourth-order valence-electron chi connectivity index (χ4n) is 3.15. The smallest absolute Gasteiger partial charge is 0.201 e. The number of fused-ring (bicyclic) bond motifs is 1. The fourth-order valence-corrected chi connectivity index (χ4v) is 3.15. The lowest BCUT2D eigenvalue weighted by Gasteiger charge is -2.34. The summed E-state index contributed by atoms with van der Waals surface area (Å²) in [5.74, 6) is -1.68. The molecule has 2 unspecified atom stereocenters. The first-order chi connectivity index (χ1) is 12.3. The number of para-hydroxylation sites is 1. The largest absolute Gasteiger partial charge is 0.507 e. The van der Waals surface area contributed by atoms with E-state index in [0.29, 0.717) is 18.3 Å². The highest BCUT2D eigenvalue weighted by atomic mass is 16.5. The maximum atomic E-state index is 12.8. The molecule has 3 rings (SSSR count). The molecule has 1 heterocycles. The Hall–Kier alpha value is -2.99. The number of carbonyl (C=O) groups excluding carboxylic acids is 3. The normalized spacial score (nSPS) is 26.9. The standard InChI is InChI=1S/C20H18O6/c1-11-7-12-8-16(20(2,25)19(24)15(12)10-26-11)14(9-21)18(23)13-5-3-4-6-17(13)22/h3-6,8-11,22,25H,7H2,1-2H3/b16-14+. The average Bonchev–Trinajstić information content (AvgIpc) is 2.60. The molecule has 0 bridgehead atoms. The minimum Gasteiger partial charge on any atom is -0.507 e. The van der Waals surface area contributed by atoms with Gasteiger partial charge < -0.3 is 14.9 Å². The van der Waals surface area contributed by atoms with Gasteiger partial charge in [0.1, 0.15) is 5.75 Å². The van der Waals surface area contributed by atoms with Gasteiger partial charge in [0, 0.05) is 12.0 Å². The number of aromatic hydroxyl groups is 1. The molecule has 26 heavy (non-hydrogen) atoms. The molecule has 2 atom stereocenters. The molecule has 1 aromatic rings. The topological polar surface area (TPSA) is 101 Å². The summed E-state index contributed by atoms with van der Waals surface area (Å²) < 4.78 is 5.35. The van der Waals surface area contributed by atoms with Gasteiger partial charge >= 0.3 is 0 Å². The van der Waals surface area contributed by atoms with E-state index in [0.717, 1.165) is 0 Å². The Balaban J connectivity index is 2.21. The number of phenols is 1. The van der Waals surface area contributed by atoms with Crippen molar-refractivity contribution in [2.75, 3.05) is 0 Å². The Morgan fingerprint density at radius 1 is 1.35 bits per heavy atom. The SMILES string of the molecule is CC1CC2=C/C(=C(/C=O)C(=O)c3ccccc3O)C(C)(O)C(=O)C2=CO1. The number of phenolic OH excluding ortho intramolecular Hbond substituents is 1. The average molecular weight is 354 g/mol. The summed E-state index contributed by atoms with van der Waals surface area (Å²) >= 11 is 0. The Morgan fingerprint density at radius 2 is 2.04 bits per heavy atom. The molecular weight excluding hydrogens is 336 g/mol. The summed E-state index contributed by atoms with van der Waals surface area (Å²) in [6.07, 6.45) is 3.34. The van der Waals surface area contributed by atoms with Crippen molar-refractivity contribution in [2.24, 2.45) is 0 Å². The highest BCUT2D eigenvalue weighted by molar-refractivity contribution is 6.23. The van der Waals surface area contributed by atoms with Crippen LogP contribution in [-0.4, -0.2) is 39.8 Å². The number of ketones is 2. The van der Waals surface area contributed by atoms with Crippen LogP contribution in [-0.2, 0) is 14.3 Å². The summed E-state index contributed by atoms with van der Waals surface area (Å²) in [7, 11) is 0. The van der Waals surface area contributed by atoms with Gasteiger partial charge in [0.2, 0.25) is 5.78 Å². The zero-order valence-corrected chi connectivity index (χ0v) is 14.4. The molecule has 1 aromatic carbocycles. The Labute approximate surface area is 150 Å². The lowest BCUT2D eigenvalue weighted by molar-refractivity contribution is -0.128. The molecule has 6 nitrogen and oxygen atoms in total. The molecule has 2 N–H and O–H groups in total. The first-order valence-corrected chi connectivity index (χ1v) is 8.13. The van der Waals surface area contributed by atoms with Gasteiger partial charge in [-0.25, -0.2) is 0 Å². The van der Waals surface area contributed by atoms with Crippen LogP contribution >= 0.6 is 0 Å². The second kappa shape index (κ2) is 6.38. The lowest BCUT2D eigenvalue weighted by Crippen LogP contribution is -2.43. The summed E-state index contributed by atoms with van der Waals surface area (Å²) in [4.78, 5) is 37.2. The molecule has 0 aromatic heterocycles. The lowest BCUT2D eigenvalue weighted by atomic mass is 9.74. The first kappa shape index (κ1) is 17.8. The number of hydrogen-bond donors (Lipinski definition) is 2. The van der Waals surface area contributed by atoms with Gasteiger partial charge in [-0.2, -0.15) is 0 Å². The molecular formula is C20H18O6. The van der Waals surface area contributed by atoms with Crippen LogP contribution in [0.4, 0.5) is 0 Å². The van der Waals surface area contributed by atoms with Crippen molar-refractivity contribution in [1.29, 1.82) is 0 Å². The van der Waals surface area contributed by atoms with E-state index >= 15 is 0 Å². The van der Waals surface area contributed by atoms with Crippen LogP contribution in [0.3, 0.4) is 0 Å². The minimum absolute atomic E-state index is 0.0768. The van der Waals surface area contributed by atoms with Crippen molar-refractivity contribution in [1.82, 2.24) is 0 Å². The van der Waals surface area contributed by atoms with Gasteiger partial charge in [-0.3, -0.25) is 14.4 Å². The number of rotatable bonds is 3. The summed E-state index contributed by atoms with van der Waals surface area (Å²) in [5, 5.41) is 20.7. The van der Waals surface area contributed by atoms with Gasteiger partial charge in [-0.15, -0.1) is 0 Å². The van der Waals surface area contributed by atoms with E-state index in [4.69, 9.17) is 4.74 Å². The van der Waals surface area contributed by atoms with Crippen LogP contribution in [0, 0.1) is 0 Å². The van der Waals surface area contributed by atoms with E-state index in [-0.39, 0.29) is 34.1 Å². The number of aliphatic hydroxyl groups is 1. The fraction of sp³-hybridized carbons (Fsp3) is 0.250. The van der Waals surface area contributed by atoms with Crippen LogP contribution < -0.4 is 0 Å². The summed E-state index contributed by atoms with van der Waals surface area (Å²) in [5.41, 5.74) is -1.75. The van der Waals surface area contributed by atoms with Crippen LogP contribution in [0.25, 0.3) is 0 Å². The summed E-state index contributed by atoms with van der Waals surface area (Å²) in [6, 6.07) is 5.78. The van der Waals surface area contributed by atoms with Gasteiger partial charge in [0.25, 0.3) is 0 Å². The maximum Gasteiger partial charge on any atom is 0.201 e. The van der Waals surface area contributed by atoms with E-state index in [1.165, 1.54) is 31.4 Å². The molecule has 1 aliphatic carbocycles. The van der Waals surface area contributed by atoms with Crippen LogP contribution in [0.1, 0.15) is 30.6 Å². The third-order valence-corrected chi connectivity index (χ3v) is 4.60. The van der Waals surface area contributed by atoms with Crippen LogP contribution in [0.2, 0.25) is 0 Å². The van der Waals surface area contributed by atoms with Crippen LogP contribution in [0.5, 0.6) is 5.75 Å². The van der Waals surface area contributed by atoms with Crippen molar-refractivity contribution in [3.8, 4) is 5.75 Å². The van der Waals surface area contributed by atoms with Gasteiger partial charge in [0.15, 0.2) is 17.7 Å². The molecule has 2 aliphatic rings. The molecule has 0 saturated heterocycles. The molecule has 0 saturated carbocycles. The number of ether oxygens (including phenoxy) is 1. The van der Waals surface area contributed by atoms with Crippen molar-refractivity contribution in [3.05, 3.63) is 64.5 Å². The van der Waals surface area contributed by atoms with Gasteiger partial charge in [-0.1, -0.05) is 18.2 Å². The predicted octanol–water partition coefficient (Wildman–Crippen LogP) is 2.02. The van der Waals surface area contributed by atoms with Gasteiger partial charge in [-0.05, 0) is 31.6 Å². The van der Waals surface area contributed by atoms with E-state index in [1.807, 2.05) is 6.92 Å². The van der Waals surface area contributed by atoms with E-state index < -0.39 is 17.2 Å². The third kappa shape index (κ3) is 2.78. The molecule has 6 heteroatoms. The maximum absolute atomic E-state index is 12.8. The molecule has 0 fully saturated rings. The zero-order chi connectivity index (χ0) is 19.1. The van der Waals surface area contributed by atoms with E-state index in [2.05, 4.69) is 0 Å². The quantitative estimate of drug-likeness (QED) is 0.283. The predicted molar refractivity (Wildman–Crippen MR) is 92.5 cm³/mol. The number of carbonyl (C=O) groups is 3. The Bertz CT molecular complexity index is 901. The van der Waals surface area contributed by atoms with Crippen molar-refractivity contribution < 1.29 is 29.3 Å². The number of allylic oxidation sites excluding steroid dienone is 1. The monoisotopic (exact) mass is 354 g/mol. The molecule has 0 amide bonds. The molecule has 0 radical (unpaired) electrons. The molecule has 0 spiro atoms. The molecule has 134 valence electrons. The number of hydrogen-bond acceptors (Lipinski definition) is 6. The number of aldehydes is 1.